The Balaban J connectivity index is 1.78. The summed E-state index contributed by atoms with van der Waals surface area (Å²) < 4.78 is 0. The van der Waals surface area contributed by atoms with Gasteiger partial charge < -0.3 is 11.1 Å². The van der Waals surface area contributed by atoms with E-state index in [1.54, 1.807) is 6.20 Å². The van der Waals surface area contributed by atoms with Crippen molar-refractivity contribution < 1.29 is 0 Å². The Kier molecular flexibility index (Phi) is 3.29. The van der Waals surface area contributed by atoms with E-state index in [-0.39, 0.29) is 0 Å². The van der Waals surface area contributed by atoms with Crippen LogP contribution in [0.15, 0.2) is 67.0 Å². The SMILES string of the molecule is Nc1cnc(Nc2ccc(-c3ccccc3)cc2)cn1. The van der Waals surface area contributed by atoms with Crippen molar-refractivity contribution in [3.05, 3.63) is 67.0 Å². The van der Waals surface area contributed by atoms with Crippen molar-refractivity contribution in [3.8, 4) is 11.1 Å². The number of nitrogen functional groups attached to an aromatic ring is 1. The van der Waals surface area contributed by atoms with Crippen LogP contribution in [0, 0.1) is 0 Å². The molecule has 0 atom stereocenters. The molecule has 0 spiro atoms. The lowest BCUT2D eigenvalue weighted by atomic mass is 10.1. The van der Waals surface area contributed by atoms with Gasteiger partial charge in [-0.3, -0.25) is 0 Å². The second kappa shape index (κ2) is 5.40. The first-order chi connectivity index (χ1) is 9.81. The number of nitrogens with two attached hydrogens (primary N) is 1. The molecule has 0 bridgehead atoms. The minimum absolute atomic E-state index is 0.412. The maximum Gasteiger partial charge on any atom is 0.149 e. The molecule has 4 nitrogen and oxygen atoms in total. The summed E-state index contributed by atoms with van der Waals surface area (Å²) in [6, 6.07) is 18.4. The van der Waals surface area contributed by atoms with Crippen LogP contribution in [0.3, 0.4) is 0 Å². The molecule has 0 aliphatic heterocycles. The summed E-state index contributed by atoms with van der Waals surface area (Å²) in [7, 11) is 0. The van der Waals surface area contributed by atoms with Gasteiger partial charge in [-0.2, -0.15) is 0 Å². The van der Waals surface area contributed by atoms with Gasteiger partial charge in [0, 0.05) is 5.69 Å². The number of rotatable bonds is 3. The van der Waals surface area contributed by atoms with Crippen molar-refractivity contribution in [3.63, 3.8) is 0 Å². The molecule has 4 heteroatoms. The van der Waals surface area contributed by atoms with Crippen molar-refractivity contribution in [2.45, 2.75) is 0 Å². The maximum atomic E-state index is 5.50. The lowest BCUT2D eigenvalue weighted by Gasteiger charge is -2.07. The molecule has 3 N–H and O–H groups in total. The van der Waals surface area contributed by atoms with E-state index in [1.807, 2.05) is 30.3 Å². The molecule has 0 amide bonds. The van der Waals surface area contributed by atoms with Gasteiger partial charge in [0.2, 0.25) is 0 Å². The number of hydrogen-bond donors (Lipinski definition) is 2. The minimum atomic E-state index is 0.412. The highest BCUT2D eigenvalue weighted by molar-refractivity contribution is 5.67. The summed E-state index contributed by atoms with van der Waals surface area (Å²) in [6.45, 7) is 0. The molecule has 2 aromatic carbocycles. The number of anilines is 3. The van der Waals surface area contributed by atoms with E-state index in [1.165, 1.54) is 17.3 Å². The Bertz CT molecular complexity index is 676. The predicted molar refractivity (Wildman–Crippen MR) is 81.6 cm³/mol. The van der Waals surface area contributed by atoms with Gasteiger partial charge in [0.15, 0.2) is 0 Å². The molecule has 0 saturated heterocycles. The molecule has 3 aromatic rings. The van der Waals surface area contributed by atoms with Crippen LogP contribution in [-0.4, -0.2) is 9.97 Å². The quantitative estimate of drug-likeness (QED) is 0.758. The van der Waals surface area contributed by atoms with Crippen LogP contribution < -0.4 is 11.1 Å². The van der Waals surface area contributed by atoms with Crippen molar-refractivity contribution in [2.24, 2.45) is 0 Å². The molecule has 98 valence electrons. The van der Waals surface area contributed by atoms with Crippen molar-refractivity contribution in [1.29, 1.82) is 0 Å². The van der Waals surface area contributed by atoms with E-state index in [2.05, 4.69) is 39.6 Å². The molecular weight excluding hydrogens is 248 g/mol. The van der Waals surface area contributed by atoms with Gasteiger partial charge in [-0.15, -0.1) is 0 Å². The van der Waals surface area contributed by atoms with Gasteiger partial charge in [0.1, 0.15) is 11.6 Å². The van der Waals surface area contributed by atoms with Crippen LogP contribution >= 0.6 is 0 Å². The molecule has 1 aromatic heterocycles. The number of hydrogen-bond acceptors (Lipinski definition) is 4. The van der Waals surface area contributed by atoms with E-state index in [0.29, 0.717) is 11.6 Å². The normalized spacial score (nSPS) is 10.2. The van der Waals surface area contributed by atoms with E-state index in [9.17, 15) is 0 Å². The van der Waals surface area contributed by atoms with Crippen molar-refractivity contribution >= 4 is 17.3 Å². The highest BCUT2D eigenvalue weighted by Gasteiger charge is 1.99. The predicted octanol–water partition coefficient (Wildman–Crippen LogP) is 3.47. The molecule has 3 rings (SSSR count). The Hall–Kier alpha value is -2.88. The van der Waals surface area contributed by atoms with Crippen LogP contribution in [0.25, 0.3) is 11.1 Å². The van der Waals surface area contributed by atoms with E-state index in [4.69, 9.17) is 5.73 Å². The number of nitrogens with zero attached hydrogens (tertiary/aromatic N) is 2. The zero-order chi connectivity index (χ0) is 13.8. The molecular formula is C16H14N4. The van der Waals surface area contributed by atoms with Crippen LogP contribution in [0.1, 0.15) is 0 Å². The molecule has 0 saturated carbocycles. The highest BCUT2D eigenvalue weighted by Crippen LogP contribution is 2.22. The molecule has 1 heterocycles. The van der Waals surface area contributed by atoms with Gasteiger partial charge in [-0.05, 0) is 23.3 Å². The first-order valence-electron chi connectivity index (χ1n) is 6.31. The number of nitrogens with one attached hydrogen (secondary N) is 1. The Morgan fingerprint density at radius 1 is 0.750 bits per heavy atom. The van der Waals surface area contributed by atoms with E-state index in [0.717, 1.165) is 5.69 Å². The standard InChI is InChI=1S/C16H14N4/c17-15-10-19-16(11-18-15)20-14-8-6-13(7-9-14)12-4-2-1-3-5-12/h1-11H,(H2,17,18)(H,19,20). The van der Waals surface area contributed by atoms with Gasteiger partial charge in [0.25, 0.3) is 0 Å². The van der Waals surface area contributed by atoms with Gasteiger partial charge in [0.05, 0.1) is 12.4 Å². The third-order valence-electron chi connectivity index (χ3n) is 2.94. The summed E-state index contributed by atoms with van der Waals surface area (Å²) in [5, 5.41) is 3.18. The van der Waals surface area contributed by atoms with E-state index < -0.39 is 0 Å². The fourth-order valence-electron chi connectivity index (χ4n) is 1.93. The average molecular weight is 262 g/mol. The minimum Gasteiger partial charge on any atom is -0.382 e. The fourth-order valence-corrected chi connectivity index (χ4v) is 1.93. The molecule has 0 aliphatic carbocycles. The largest absolute Gasteiger partial charge is 0.382 e. The third-order valence-corrected chi connectivity index (χ3v) is 2.94. The average Bonchev–Trinajstić information content (AvgIpc) is 2.51. The summed E-state index contributed by atoms with van der Waals surface area (Å²) in [5.74, 6) is 1.08. The van der Waals surface area contributed by atoms with E-state index >= 15 is 0 Å². The molecule has 0 radical (unpaired) electrons. The highest BCUT2D eigenvalue weighted by atomic mass is 15.0. The lowest BCUT2D eigenvalue weighted by Crippen LogP contribution is -1.96. The second-order valence-corrected chi connectivity index (χ2v) is 4.39. The second-order valence-electron chi connectivity index (χ2n) is 4.39. The summed E-state index contributed by atoms with van der Waals surface area (Å²) in [4.78, 5) is 8.15. The first-order valence-corrected chi connectivity index (χ1v) is 6.31. The summed E-state index contributed by atoms with van der Waals surface area (Å²) in [5.41, 5.74) is 8.85. The molecule has 20 heavy (non-hydrogen) atoms. The van der Waals surface area contributed by atoms with Gasteiger partial charge in [-0.1, -0.05) is 42.5 Å². The number of benzene rings is 2. The Morgan fingerprint density at radius 3 is 2.10 bits per heavy atom. The molecule has 0 fully saturated rings. The Labute approximate surface area is 117 Å². The topological polar surface area (TPSA) is 63.8 Å². The van der Waals surface area contributed by atoms with Crippen LogP contribution in [-0.2, 0) is 0 Å². The molecule has 0 aliphatic rings. The van der Waals surface area contributed by atoms with Gasteiger partial charge in [-0.25, -0.2) is 9.97 Å². The van der Waals surface area contributed by atoms with Gasteiger partial charge >= 0.3 is 0 Å². The third kappa shape index (κ3) is 2.75. The first kappa shape index (κ1) is 12.2. The van der Waals surface area contributed by atoms with Crippen LogP contribution in [0.2, 0.25) is 0 Å². The summed E-state index contributed by atoms with van der Waals surface area (Å²) >= 11 is 0. The molecule has 0 unspecified atom stereocenters. The van der Waals surface area contributed by atoms with Crippen LogP contribution in [0.5, 0.6) is 0 Å². The smallest absolute Gasteiger partial charge is 0.149 e. The van der Waals surface area contributed by atoms with Crippen LogP contribution in [0.4, 0.5) is 17.3 Å². The summed E-state index contributed by atoms with van der Waals surface area (Å²) in [6.07, 6.45) is 3.14. The zero-order valence-corrected chi connectivity index (χ0v) is 10.8. The Morgan fingerprint density at radius 2 is 1.45 bits per heavy atom. The van der Waals surface area contributed by atoms with Crippen molar-refractivity contribution in [2.75, 3.05) is 11.1 Å². The van der Waals surface area contributed by atoms with Crippen molar-refractivity contribution in [1.82, 2.24) is 9.97 Å². The lowest BCUT2D eigenvalue weighted by molar-refractivity contribution is 1.21. The maximum absolute atomic E-state index is 5.50. The zero-order valence-electron chi connectivity index (χ0n) is 10.8. The number of aromatic nitrogens is 2. The monoisotopic (exact) mass is 262 g/mol. The fraction of sp³-hybridized carbons (Fsp3) is 0.